The van der Waals surface area contributed by atoms with E-state index in [0.717, 1.165) is 0 Å². The van der Waals surface area contributed by atoms with E-state index >= 15 is 0 Å². The molecule has 0 saturated carbocycles. The molecule has 0 bridgehead atoms. The SMILES string of the molecule is CCCCCCCCCc1[c-]cccc1.[Mo+4].[O-]P([O-])(=S)[S-]. The largest absolute Gasteiger partial charge is 4.00 e. The average molecular weight is 426 g/mol. The first-order valence-electron chi connectivity index (χ1n) is 7.12. The average Bonchev–Trinajstić information content (AvgIpc) is 2.37. The van der Waals surface area contributed by atoms with E-state index in [9.17, 15) is 9.79 Å². The Morgan fingerprint density at radius 3 is 2.10 bits per heavy atom. The van der Waals surface area contributed by atoms with Crippen molar-refractivity contribution in [3.8, 4) is 0 Å². The van der Waals surface area contributed by atoms with Gasteiger partial charge < -0.3 is 27.7 Å². The smallest absolute Gasteiger partial charge is 0.850 e. The van der Waals surface area contributed by atoms with Gasteiger partial charge in [-0.2, -0.15) is 47.7 Å². The number of benzene rings is 1. The first-order valence-corrected chi connectivity index (χ1v) is 10.8. The van der Waals surface area contributed by atoms with Gasteiger partial charge in [-0.15, -0.1) is 0 Å². The summed E-state index contributed by atoms with van der Waals surface area (Å²) in [4.78, 5) is 18.6. The van der Waals surface area contributed by atoms with Crippen molar-refractivity contribution in [3.05, 3.63) is 35.9 Å². The molecule has 0 fully saturated rings. The molecule has 0 unspecified atom stereocenters. The van der Waals surface area contributed by atoms with E-state index in [1.165, 1.54) is 56.9 Å². The minimum absolute atomic E-state index is 0. The van der Waals surface area contributed by atoms with Gasteiger partial charge in [0.1, 0.15) is 0 Å². The van der Waals surface area contributed by atoms with Crippen LogP contribution >= 0.6 is 5.69 Å². The van der Waals surface area contributed by atoms with E-state index in [2.05, 4.69) is 49.2 Å². The summed E-state index contributed by atoms with van der Waals surface area (Å²) in [5, 5.41) is 0. The molecule has 1 aromatic carbocycles. The normalized spacial score (nSPS) is 10.3. The van der Waals surface area contributed by atoms with Crippen molar-refractivity contribution in [2.45, 2.75) is 58.3 Å². The molecule has 21 heavy (non-hydrogen) atoms. The van der Waals surface area contributed by atoms with Crippen molar-refractivity contribution in [1.29, 1.82) is 0 Å². The minimum Gasteiger partial charge on any atom is -0.850 e. The summed E-state index contributed by atoms with van der Waals surface area (Å²) in [6, 6.07) is 11.6. The molecule has 1 aromatic rings. The predicted molar refractivity (Wildman–Crippen MR) is 88.6 cm³/mol. The molecule has 118 valence electrons. The van der Waals surface area contributed by atoms with Crippen LogP contribution in [-0.2, 0) is 51.5 Å². The van der Waals surface area contributed by atoms with Gasteiger partial charge in [0.25, 0.3) is 0 Å². The van der Waals surface area contributed by atoms with Gasteiger partial charge in [-0.1, -0.05) is 58.3 Å². The molecule has 0 aromatic heterocycles. The summed E-state index contributed by atoms with van der Waals surface area (Å²) in [7, 11) is 0. The Morgan fingerprint density at radius 1 is 1.10 bits per heavy atom. The molecule has 0 radical (unpaired) electrons. The quantitative estimate of drug-likeness (QED) is 0.211. The van der Waals surface area contributed by atoms with Gasteiger partial charge in [0.2, 0.25) is 0 Å². The van der Waals surface area contributed by atoms with Gasteiger partial charge in [0.05, 0.1) is 0 Å². The van der Waals surface area contributed by atoms with Crippen molar-refractivity contribution in [3.63, 3.8) is 0 Å². The molecular formula is C15H23MoO2PS2. The molecule has 0 atom stereocenters. The number of rotatable bonds is 8. The summed E-state index contributed by atoms with van der Waals surface area (Å²) in [6.07, 6.45) is 10.9. The Kier molecular flexibility index (Phi) is 18.0. The maximum Gasteiger partial charge on any atom is 4.00 e. The van der Waals surface area contributed by atoms with Crippen LogP contribution in [0.2, 0.25) is 0 Å². The topological polar surface area (TPSA) is 46.1 Å². The number of aryl methyl sites for hydroxylation is 1. The second kappa shape index (κ2) is 15.7. The van der Waals surface area contributed by atoms with Crippen LogP contribution in [0.4, 0.5) is 0 Å². The van der Waals surface area contributed by atoms with Crippen LogP contribution in [0, 0.1) is 6.07 Å². The second-order valence-electron chi connectivity index (χ2n) is 4.71. The van der Waals surface area contributed by atoms with Crippen molar-refractivity contribution in [2.24, 2.45) is 0 Å². The van der Waals surface area contributed by atoms with Crippen LogP contribution < -0.4 is 9.79 Å². The third-order valence-corrected chi connectivity index (χ3v) is 2.82. The standard InChI is InChI=1S/C15H23.Mo.H3O2PS2/c1-2-3-4-5-6-7-9-12-15-13-10-8-11-14-15;;1-3(2,4)5/h8,10-11,13H,2-7,9,12H2,1H3;;(H3,1,2,4,5)/q-1;+4;/p-3. The molecule has 2 nitrogen and oxygen atoms in total. The fourth-order valence-electron chi connectivity index (χ4n) is 1.86. The van der Waals surface area contributed by atoms with Crippen LogP contribution in [0.3, 0.4) is 0 Å². The molecular weight excluding hydrogens is 403 g/mol. The zero-order valence-corrected chi connectivity index (χ0v) is 17.0. The zero-order valence-electron chi connectivity index (χ0n) is 12.5. The van der Waals surface area contributed by atoms with E-state index in [4.69, 9.17) is 0 Å². The molecule has 6 heteroatoms. The summed E-state index contributed by atoms with van der Waals surface area (Å²) in [5.41, 5.74) is -2.36. The maximum atomic E-state index is 9.29. The molecule has 0 aliphatic heterocycles. The monoisotopic (exact) mass is 428 g/mol. The van der Waals surface area contributed by atoms with Crippen LogP contribution in [0.5, 0.6) is 0 Å². The van der Waals surface area contributed by atoms with E-state index in [0.29, 0.717) is 0 Å². The fraction of sp³-hybridized carbons (Fsp3) is 0.600. The molecule has 0 heterocycles. The van der Waals surface area contributed by atoms with Crippen LogP contribution in [0.1, 0.15) is 57.4 Å². The maximum absolute atomic E-state index is 9.29. The van der Waals surface area contributed by atoms with E-state index < -0.39 is 5.69 Å². The Hall–Kier alpha value is 0.828. The molecule has 0 saturated heterocycles. The molecule has 0 amide bonds. The molecule has 0 spiro atoms. The number of hydrogen-bond acceptors (Lipinski definition) is 4. The van der Waals surface area contributed by atoms with Gasteiger partial charge in [-0.25, -0.2) is 0 Å². The van der Waals surface area contributed by atoms with Gasteiger partial charge in [-0.05, 0) is 0 Å². The van der Waals surface area contributed by atoms with Gasteiger partial charge in [-0.3, -0.25) is 0 Å². The van der Waals surface area contributed by atoms with Gasteiger partial charge in [0, 0.05) is 0 Å². The summed E-state index contributed by atoms with van der Waals surface area (Å²) >= 11 is 7.28. The Morgan fingerprint density at radius 2 is 1.62 bits per heavy atom. The first kappa shape index (κ1) is 24.1. The van der Waals surface area contributed by atoms with Crippen LogP contribution in [0.25, 0.3) is 0 Å². The summed E-state index contributed by atoms with van der Waals surface area (Å²) in [5.74, 6) is 0. The van der Waals surface area contributed by atoms with Crippen LogP contribution in [0.15, 0.2) is 24.3 Å². The van der Waals surface area contributed by atoms with E-state index in [1.54, 1.807) is 0 Å². The van der Waals surface area contributed by atoms with E-state index in [-0.39, 0.29) is 21.1 Å². The molecule has 1 rings (SSSR count). The number of unbranched alkanes of at least 4 members (excludes halogenated alkanes) is 6. The minimum atomic E-state index is -3.72. The zero-order chi connectivity index (χ0) is 15.3. The van der Waals surface area contributed by atoms with Crippen molar-refractivity contribution in [1.82, 2.24) is 0 Å². The van der Waals surface area contributed by atoms with Crippen molar-refractivity contribution in [2.75, 3.05) is 0 Å². The molecule has 0 N–H and O–H groups in total. The van der Waals surface area contributed by atoms with Crippen molar-refractivity contribution >= 4 is 29.7 Å². The third kappa shape index (κ3) is 23.2. The summed E-state index contributed by atoms with van der Waals surface area (Å²) in [6.45, 7) is 2.27. The first-order chi connectivity index (χ1) is 9.43. The Bertz CT molecular complexity index is 363. The fourth-order valence-corrected chi connectivity index (χ4v) is 1.86. The number of hydrogen-bond donors (Lipinski definition) is 0. The summed E-state index contributed by atoms with van der Waals surface area (Å²) < 4.78 is 0. The predicted octanol–water partition coefficient (Wildman–Crippen LogP) is 3.26. The van der Waals surface area contributed by atoms with Crippen LogP contribution in [-0.4, -0.2) is 0 Å². The second-order valence-corrected chi connectivity index (χ2v) is 9.18. The third-order valence-electron chi connectivity index (χ3n) is 2.82. The van der Waals surface area contributed by atoms with Crippen molar-refractivity contribution < 1.29 is 30.9 Å². The molecule has 0 aliphatic carbocycles. The van der Waals surface area contributed by atoms with Gasteiger partial charge in [0.15, 0.2) is 0 Å². The molecule has 0 aliphatic rings. The van der Waals surface area contributed by atoms with Gasteiger partial charge >= 0.3 is 21.1 Å². The Labute approximate surface area is 154 Å². The van der Waals surface area contributed by atoms with E-state index in [1.807, 2.05) is 12.1 Å². The Balaban J connectivity index is 0.